The fraction of sp³-hybridized carbons (Fsp3) is 0.0667. The van der Waals surface area contributed by atoms with Crippen LogP contribution in [-0.4, -0.2) is 19.2 Å². The molecule has 2 aromatic rings. The van der Waals surface area contributed by atoms with Crippen LogP contribution in [0.4, 0.5) is 25.0 Å². The summed E-state index contributed by atoms with van der Waals surface area (Å²) in [6, 6.07) is 6.51. The Kier molecular flexibility index (Phi) is 3.80. The second-order valence-electron chi connectivity index (χ2n) is 4.54. The van der Waals surface area contributed by atoms with Crippen molar-refractivity contribution >= 4 is 23.8 Å². The number of anilines is 2. The van der Waals surface area contributed by atoms with Crippen molar-refractivity contribution in [2.45, 2.75) is 0 Å². The molecule has 0 saturated heterocycles. The zero-order valence-electron chi connectivity index (χ0n) is 11.6. The van der Waals surface area contributed by atoms with E-state index in [9.17, 15) is 18.4 Å². The second-order valence-corrected chi connectivity index (χ2v) is 4.54. The molecule has 1 aliphatic heterocycles. The highest BCUT2D eigenvalue weighted by Gasteiger charge is 2.21. The van der Waals surface area contributed by atoms with Crippen LogP contribution in [0.15, 0.2) is 36.4 Å². The number of amides is 3. The fourth-order valence-corrected chi connectivity index (χ4v) is 2.05. The van der Waals surface area contributed by atoms with Gasteiger partial charge in [0.1, 0.15) is 17.3 Å². The van der Waals surface area contributed by atoms with Gasteiger partial charge in [0.25, 0.3) is 0 Å². The molecular weight excluding hydrogens is 310 g/mol. The minimum atomic E-state index is -1.01. The van der Waals surface area contributed by atoms with Crippen LogP contribution in [0.2, 0.25) is 0 Å². The summed E-state index contributed by atoms with van der Waals surface area (Å²) in [5.41, 5.74) is -0.469. The molecule has 0 unspecified atom stereocenters. The number of hydrogen-bond donors (Lipinski definition) is 1. The maximum Gasteiger partial charge on any atom is 0.333 e. The number of para-hydroxylation sites is 1. The Morgan fingerprint density at radius 2 is 1.83 bits per heavy atom. The van der Waals surface area contributed by atoms with Gasteiger partial charge in [-0.15, -0.1) is 0 Å². The first-order chi connectivity index (χ1) is 11.1. The minimum absolute atomic E-state index is 0.0342. The first-order valence-corrected chi connectivity index (χ1v) is 6.49. The molecule has 3 rings (SSSR count). The summed E-state index contributed by atoms with van der Waals surface area (Å²) in [5, 5.41) is 2.03. The number of benzene rings is 2. The standard InChI is InChI=1S/C15H10F2N2O4/c16-10-2-1-3-11(17)14(10)18-15(21)19(7-20)9-4-5-12-13(6-9)23-8-22-12/h1-7H,8H2,(H,18,21). The lowest BCUT2D eigenvalue weighted by Crippen LogP contribution is -2.34. The molecule has 118 valence electrons. The molecule has 3 amide bonds. The second kappa shape index (κ2) is 5.91. The van der Waals surface area contributed by atoms with Crippen molar-refractivity contribution in [3.8, 4) is 11.5 Å². The highest BCUT2D eigenvalue weighted by Crippen LogP contribution is 2.35. The molecule has 0 fully saturated rings. The minimum Gasteiger partial charge on any atom is -0.454 e. The Morgan fingerprint density at radius 3 is 2.52 bits per heavy atom. The Hall–Kier alpha value is -3.16. The Balaban J connectivity index is 1.86. The highest BCUT2D eigenvalue weighted by atomic mass is 19.1. The van der Waals surface area contributed by atoms with Crippen LogP contribution in [0.3, 0.4) is 0 Å². The first kappa shape index (κ1) is 14.8. The van der Waals surface area contributed by atoms with Crippen LogP contribution >= 0.6 is 0 Å². The van der Waals surface area contributed by atoms with Gasteiger partial charge in [-0.2, -0.15) is 0 Å². The fourth-order valence-electron chi connectivity index (χ4n) is 2.05. The maximum absolute atomic E-state index is 13.6. The van der Waals surface area contributed by atoms with E-state index >= 15 is 0 Å². The lowest BCUT2D eigenvalue weighted by Gasteiger charge is -2.17. The lowest BCUT2D eigenvalue weighted by molar-refractivity contribution is -0.106. The summed E-state index contributed by atoms with van der Waals surface area (Å²) in [6.07, 6.45) is 0.228. The molecule has 2 aromatic carbocycles. The topological polar surface area (TPSA) is 67.9 Å². The molecule has 0 aliphatic carbocycles. The summed E-state index contributed by atoms with van der Waals surface area (Å²) >= 11 is 0. The smallest absolute Gasteiger partial charge is 0.333 e. The quantitative estimate of drug-likeness (QED) is 0.883. The molecule has 1 heterocycles. The third kappa shape index (κ3) is 2.78. The number of rotatable bonds is 3. The van der Waals surface area contributed by atoms with Gasteiger partial charge in [-0.05, 0) is 24.3 Å². The normalized spacial score (nSPS) is 11.9. The summed E-state index contributed by atoms with van der Waals surface area (Å²) in [5.74, 6) is -1.07. The molecule has 0 radical (unpaired) electrons. The van der Waals surface area contributed by atoms with E-state index in [1.807, 2.05) is 5.32 Å². The highest BCUT2D eigenvalue weighted by molar-refractivity contribution is 6.12. The van der Waals surface area contributed by atoms with E-state index in [0.29, 0.717) is 16.4 Å². The van der Waals surface area contributed by atoms with E-state index in [4.69, 9.17) is 9.47 Å². The van der Waals surface area contributed by atoms with Crippen molar-refractivity contribution in [1.82, 2.24) is 0 Å². The van der Waals surface area contributed by atoms with Crippen molar-refractivity contribution in [3.63, 3.8) is 0 Å². The molecule has 1 aliphatic rings. The average molecular weight is 320 g/mol. The van der Waals surface area contributed by atoms with Crippen molar-refractivity contribution in [2.75, 3.05) is 17.0 Å². The van der Waals surface area contributed by atoms with E-state index in [2.05, 4.69) is 0 Å². The zero-order chi connectivity index (χ0) is 16.4. The van der Waals surface area contributed by atoms with Crippen molar-refractivity contribution in [1.29, 1.82) is 0 Å². The number of ether oxygens (including phenoxy) is 2. The van der Waals surface area contributed by atoms with E-state index in [0.717, 1.165) is 18.2 Å². The van der Waals surface area contributed by atoms with Crippen LogP contribution in [-0.2, 0) is 4.79 Å². The Labute approximate surface area is 129 Å². The maximum atomic E-state index is 13.6. The number of imide groups is 1. The lowest BCUT2D eigenvalue weighted by atomic mass is 10.2. The van der Waals surface area contributed by atoms with Gasteiger partial charge in [-0.3, -0.25) is 4.79 Å². The molecule has 23 heavy (non-hydrogen) atoms. The van der Waals surface area contributed by atoms with Crippen molar-refractivity contribution in [3.05, 3.63) is 48.0 Å². The van der Waals surface area contributed by atoms with Crippen LogP contribution in [0.1, 0.15) is 0 Å². The van der Waals surface area contributed by atoms with Gasteiger partial charge in [0.05, 0.1) is 5.69 Å². The average Bonchev–Trinajstić information content (AvgIpc) is 2.99. The van der Waals surface area contributed by atoms with Gasteiger partial charge >= 0.3 is 6.03 Å². The summed E-state index contributed by atoms with van der Waals surface area (Å²) in [7, 11) is 0. The first-order valence-electron chi connectivity index (χ1n) is 6.49. The van der Waals surface area contributed by atoms with Gasteiger partial charge in [-0.1, -0.05) is 6.07 Å². The molecule has 0 atom stereocenters. The van der Waals surface area contributed by atoms with Gasteiger partial charge in [0, 0.05) is 6.07 Å². The molecule has 8 heteroatoms. The molecule has 1 N–H and O–H groups in total. The monoisotopic (exact) mass is 320 g/mol. The van der Waals surface area contributed by atoms with Gasteiger partial charge in [0.15, 0.2) is 11.5 Å². The van der Waals surface area contributed by atoms with Crippen molar-refractivity contribution in [2.24, 2.45) is 0 Å². The largest absolute Gasteiger partial charge is 0.454 e. The zero-order valence-corrected chi connectivity index (χ0v) is 11.6. The number of nitrogens with one attached hydrogen (secondary N) is 1. The number of fused-ring (bicyclic) bond motifs is 1. The van der Waals surface area contributed by atoms with E-state index in [1.165, 1.54) is 18.2 Å². The van der Waals surface area contributed by atoms with E-state index < -0.39 is 23.4 Å². The molecule has 0 saturated carbocycles. The van der Waals surface area contributed by atoms with E-state index in [-0.39, 0.29) is 18.9 Å². The number of nitrogens with zero attached hydrogens (tertiary/aromatic N) is 1. The van der Waals surface area contributed by atoms with Crippen LogP contribution in [0.5, 0.6) is 11.5 Å². The van der Waals surface area contributed by atoms with Gasteiger partial charge in [0.2, 0.25) is 13.2 Å². The summed E-state index contributed by atoms with van der Waals surface area (Å²) in [6.45, 7) is 0.0342. The summed E-state index contributed by atoms with van der Waals surface area (Å²) < 4.78 is 37.4. The Morgan fingerprint density at radius 1 is 1.13 bits per heavy atom. The summed E-state index contributed by atoms with van der Waals surface area (Å²) in [4.78, 5) is 24.0. The van der Waals surface area contributed by atoms with Crippen LogP contribution in [0.25, 0.3) is 0 Å². The predicted molar refractivity (Wildman–Crippen MR) is 76.5 cm³/mol. The van der Waals surface area contributed by atoms with E-state index in [1.54, 1.807) is 0 Å². The number of hydrogen-bond acceptors (Lipinski definition) is 4. The number of urea groups is 1. The molecule has 6 nitrogen and oxygen atoms in total. The number of halogens is 2. The molecule has 0 bridgehead atoms. The molecule has 0 spiro atoms. The predicted octanol–water partition coefficient (Wildman–Crippen LogP) is 2.89. The molecular formula is C15H10F2N2O4. The van der Waals surface area contributed by atoms with Crippen LogP contribution < -0.4 is 19.7 Å². The third-order valence-corrected chi connectivity index (χ3v) is 3.15. The van der Waals surface area contributed by atoms with Gasteiger partial charge < -0.3 is 14.8 Å². The number of carbonyl (C=O) groups excluding carboxylic acids is 2. The SMILES string of the molecule is O=CN(C(=O)Nc1c(F)cccc1F)c1ccc2c(c1)OCO2. The third-order valence-electron chi connectivity index (χ3n) is 3.15. The Bertz CT molecular complexity index is 762. The van der Waals surface area contributed by atoms with Crippen molar-refractivity contribution < 1.29 is 27.8 Å². The molecule has 0 aromatic heterocycles. The van der Waals surface area contributed by atoms with Crippen LogP contribution in [0, 0.1) is 11.6 Å². The number of carbonyl (C=O) groups is 2. The van der Waals surface area contributed by atoms with Gasteiger partial charge in [-0.25, -0.2) is 18.5 Å².